The maximum Gasteiger partial charge on any atom is 0.169 e. The summed E-state index contributed by atoms with van der Waals surface area (Å²) in [6, 6.07) is 7.56. The van der Waals surface area contributed by atoms with Gasteiger partial charge in [-0.3, -0.25) is 4.79 Å². The number of benzene rings is 1. The van der Waals surface area contributed by atoms with Crippen molar-refractivity contribution < 1.29 is 9.53 Å². The second-order valence-electron chi connectivity index (χ2n) is 4.21. The summed E-state index contributed by atoms with van der Waals surface area (Å²) in [6.07, 6.45) is 0.131. The molecule has 18 heavy (non-hydrogen) atoms. The fourth-order valence-electron chi connectivity index (χ4n) is 1.94. The molecule has 1 saturated heterocycles. The topological polar surface area (TPSA) is 55.6 Å². The standard InChI is InChI=1S/C13H16N2O2S/c14-13(18)9-12(16)10-1-3-11(4-2-10)15-5-7-17-8-6-15/h1-4H,5-9H2,(H2,14,18). The molecular formula is C13H16N2O2S. The molecule has 0 atom stereocenters. The summed E-state index contributed by atoms with van der Waals surface area (Å²) in [5, 5.41) is 0. The summed E-state index contributed by atoms with van der Waals surface area (Å²) in [6.45, 7) is 3.28. The Kier molecular flexibility index (Phi) is 4.28. The zero-order chi connectivity index (χ0) is 13.0. The fourth-order valence-corrected chi connectivity index (χ4v) is 2.07. The predicted octanol–water partition coefficient (Wildman–Crippen LogP) is 1.38. The molecule has 2 N–H and O–H groups in total. The van der Waals surface area contributed by atoms with Crippen molar-refractivity contribution in [3.63, 3.8) is 0 Å². The number of thiocarbonyl (C=S) groups is 1. The van der Waals surface area contributed by atoms with E-state index in [9.17, 15) is 4.79 Å². The lowest BCUT2D eigenvalue weighted by atomic mass is 10.1. The first kappa shape index (κ1) is 13.0. The normalized spacial score (nSPS) is 15.4. The molecule has 4 nitrogen and oxygen atoms in total. The number of morpholine rings is 1. The Morgan fingerprint density at radius 2 is 1.89 bits per heavy atom. The Morgan fingerprint density at radius 1 is 1.28 bits per heavy atom. The van der Waals surface area contributed by atoms with Gasteiger partial charge in [0.25, 0.3) is 0 Å². The molecule has 0 aliphatic carbocycles. The number of hydrogen-bond donors (Lipinski definition) is 1. The largest absolute Gasteiger partial charge is 0.393 e. The van der Waals surface area contributed by atoms with Crippen LogP contribution in [0.2, 0.25) is 0 Å². The van der Waals surface area contributed by atoms with Gasteiger partial charge in [-0.05, 0) is 24.3 Å². The zero-order valence-corrected chi connectivity index (χ0v) is 10.9. The smallest absolute Gasteiger partial charge is 0.169 e. The van der Waals surface area contributed by atoms with Crippen molar-refractivity contribution in [1.82, 2.24) is 0 Å². The minimum absolute atomic E-state index is 0.0315. The molecule has 0 unspecified atom stereocenters. The molecule has 1 aromatic rings. The molecule has 2 rings (SSSR count). The zero-order valence-electron chi connectivity index (χ0n) is 10.1. The molecule has 1 fully saturated rings. The first-order chi connectivity index (χ1) is 8.66. The van der Waals surface area contributed by atoms with Crippen molar-refractivity contribution in [2.75, 3.05) is 31.2 Å². The number of carbonyl (C=O) groups excluding carboxylic acids is 1. The molecule has 1 aromatic carbocycles. The van der Waals surface area contributed by atoms with Gasteiger partial charge in [-0.15, -0.1) is 0 Å². The second-order valence-corrected chi connectivity index (χ2v) is 4.74. The highest BCUT2D eigenvalue weighted by atomic mass is 32.1. The van der Waals surface area contributed by atoms with Gasteiger partial charge in [0.15, 0.2) is 5.78 Å². The number of carbonyl (C=O) groups is 1. The molecule has 1 aliphatic rings. The number of rotatable bonds is 4. The van der Waals surface area contributed by atoms with E-state index in [1.165, 1.54) is 0 Å². The maximum atomic E-state index is 11.7. The van der Waals surface area contributed by atoms with E-state index in [4.69, 9.17) is 22.7 Å². The van der Waals surface area contributed by atoms with Gasteiger partial charge < -0.3 is 15.4 Å². The Labute approximate surface area is 112 Å². The molecule has 0 radical (unpaired) electrons. The Morgan fingerprint density at radius 3 is 2.44 bits per heavy atom. The molecular weight excluding hydrogens is 248 g/mol. The van der Waals surface area contributed by atoms with Gasteiger partial charge in [-0.25, -0.2) is 0 Å². The fraction of sp³-hybridized carbons (Fsp3) is 0.385. The van der Waals surface area contributed by atoms with Crippen LogP contribution in [0.3, 0.4) is 0 Å². The Bertz CT molecular complexity index is 439. The van der Waals surface area contributed by atoms with E-state index in [2.05, 4.69) is 4.90 Å². The van der Waals surface area contributed by atoms with Crippen LogP contribution in [-0.4, -0.2) is 37.1 Å². The van der Waals surface area contributed by atoms with Crippen molar-refractivity contribution in [1.29, 1.82) is 0 Å². The van der Waals surface area contributed by atoms with Crippen molar-refractivity contribution in [2.45, 2.75) is 6.42 Å². The maximum absolute atomic E-state index is 11.7. The summed E-state index contributed by atoms with van der Waals surface area (Å²) >= 11 is 4.73. The predicted molar refractivity (Wildman–Crippen MR) is 75.2 cm³/mol. The summed E-state index contributed by atoms with van der Waals surface area (Å²) in [5.41, 5.74) is 7.13. The van der Waals surface area contributed by atoms with Crippen LogP contribution in [0.4, 0.5) is 5.69 Å². The monoisotopic (exact) mass is 264 g/mol. The average molecular weight is 264 g/mol. The molecule has 0 aromatic heterocycles. The van der Waals surface area contributed by atoms with Gasteiger partial charge in [-0.1, -0.05) is 12.2 Å². The van der Waals surface area contributed by atoms with Crippen molar-refractivity contribution >= 4 is 28.7 Å². The van der Waals surface area contributed by atoms with Gasteiger partial charge in [0.2, 0.25) is 0 Å². The number of hydrogen-bond acceptors (Lipinski definition) is 4. The lowest BCUT2D eigenvalue weighted by molar-refractivity contribution is 0.100. The molecule has 96 valence electrons. The minimum atomic E-state index is -0.0315. The van der Waals surface area contributed by atoms with Gasteiger partial charge in [0, 0.05) is 24.3 Å². The van der Waals surface area contributed by atoms with E-state index in [-0.39, 0.29) is 17.2 Å². The number of nitrogens with two attached hydrogens (primary N) is 1. The van der Waals surface area contributed by atoms with Crippen LogP contribution in [0.25, 0.3) is 0 Å². The average Bonchev–Trinajstić information content (AvgIpc) is 2.39. The van der Waals surface area contributed by atoms with E-state index < -0.39 is 0 Å². The number of ketones is 1. The van der Waals surface area contributed by atoms with Crippen LogP contribution in [0.1, 0.15) is 16.8 Å². The molecule has 5 heteroatoms. The third kappa shape index (κ3) is 3.27. The van der Waals surface area contributed by atoms with E-state index in [1.54, 1.807) is 0 Å². The number of ether oxygens (including phenoxy) is 1. The second kappa shape index (κ2) is 5.93. The van der Waals surface area contributed by atoms with E-state index in [1.807, 2.05) is 24.3 Å². The third-order valence-electron chi connectivity index (χ3n) is 2.90. The van der Waals surface area contributed by atoms with Crippen molar-refractivity contribution in [3.8, 4) is 0 Å². The molecule has 0 amide bonds. The van der Waals surface area contributed by atoms with Crippen LogP contribution < -0.4 is 10.6 Å². The summed E-state index contributed by atoms with van der Waals surface area (Å²) in [7, 11) is 0. The molecule has 0 spiro atoms. The highest BCUT2D eigenvalue weighted by Crippen LogP contribution is 2.17. The van der Waals surface area contributed by atoms with Crippen LogP contribution in [0, 0.1) is 0 Å². The Hall–Kier alpha value is -1.46. The quantitative estimate of drug-likeness (QED) is 0.658. The van der Waals surface area contributed by atoms with Crippen molar-refractivity contribution in [3.05, 3.63) is 29.8 Å². The highest BCUT2D eigenvalue weighted by Gasteiger charge is 2.12. The van der Waals surface area contributed by atoms with E-state index >= 15 is 0 Å². The lowest BCUT2D eigenvalue weighted by Crippen LogP contribution is -2.36. The SMILES string of the molecule is NC(=S)CC(=O)c1ccc(N2CCOCC2)cc1. The molecule has 1 aliphatic heterocycles. The van der Waals surface area contributed by atoms with Gasteiger partial charge in [0.05, 0.1) is 24.6 Å². The first-order valence-corrected chi connectivity index (χ1v) is 6.32. The van der Waals surface area contributed by atoms with Gasteiger partial charge in [0.1, 0.15) is 0 Å². The summed E-state index contributed by atoms with van der Waals surface area (Å²) in [4.78, 5) is 14.2. The number of nitrogens with zero attached hydrogens (tertiary/aromatic N) is 1. The van der Waals surface area contributed by atoms with Gasteiger partial charge >= 0.3 is 0 Å². The van der Waals surface area contributed by atoms with E-state index in [0.29, 0.717) is 5.56 Å². The summed E-state index contributed by atoms with van der Waals surface area (Å²) in [5.74, 6) is -0.0315. The van der Waals surface area contributed by atoms with Crippen LogP contribution >= 0.6 is 12.2 Å². The van der Waals surface area contributed by atoms with Crippen LogP contribution in [-0.2, 0) is 4.74 Å². The van der Waals surface area contributed by atoms with Crippen LogP contribution in [0.5, 0.6) is 0 Å². The van der Waals surface area contributed by atoms with Crippen LogP contribution in [0.15, 0.2) is 24.3 Å². The first-order valence-electron chi connectivity index (χ1n) is 5.91. The number of anilines is 1. The molecule has 0 saturated carbocycles. The highest BCUT2D eigenvalue weighted by molar-refractivity contribution is 7.80. The van der Waals surface area contributed by atoms with Gasteiger partial charge in [-0.2, -0.15) is 0 Å². The number of Topliss-reactive ketones (excluding diaryl/α,β-unsaturated/α-hetero) is 1. The molecule has 0 bridgehead atoms. The van der Waals surface area contributed by atoms with Crippen molar-refractivity contribution in [2.24, 2.45) is 5.73 Å². The minimum Gasteiger partial charge on any atom is -0.393 e. The third-order valence-corrected chi connectivity index (χ3v) is 3.04. The lowest BCUT2D eigenvalue weighted by Gasteiger charge is -2.28. The summed E-state index contributed by atoms with van der Waals surface area (Å²) < 4.78 is 5.30. The van der Waals surface area contributed by atoms with E-state index in [0.717, 1.165) is 32.0 Å². The molecule has 1 heterocycles. The Balaban J connectivity index is 2.04.